The molecule has 1 aromatic carbocycles. The number of aromatic nitrogens is 2. The summed E-state index contributed by atoms with van der Waals surface area (Å²) in [5.41, 5.74) is 1.15. The Bertz CT molecular complexity index is 690. The van der Waals surface area contributed by atoms with Crippen molar-refractivity contribution in [3.8, 4) is 5.88 Å². The van der Waals surface area contributed by atoms with E-state index in [2.05, 4.69) is 15.1 Å². The number of carbonyl (C=O) groups excluding carboxylic acids is 1. The zero-order chi connectivity index (χ0) is 17.6. The van der Waals surface area contributed by atoms with Gasteiger partial charge in [0.15, 0.2) is 5.82 Å². The summed E-state index contributed by atoms with van der Waals surface area (Å²) < 4.78 is 5.05. The van der Waals surface area contributed by atoms with Gasteiger partial charge < -0.3 is 14.5 Å². The third-order valence-electron chi connectivity index (χ3n) is 4.57. The lowest BCUT2D eigenvalue weighted by Gasteiger charge is -2.34. The Labute approximate surface area is 148 Å². The summed E-state index contributed by atoms with van der Waals surface area (Å²) in [6, 6.07) is 13.8. The summed E-state index contributed by atoms with van der Waals surface area (Å²) in [6.07, 6.45) is 1.89. The number of benzene rings is 1. The molecule has 1 aliphatic heterocycles. The Hall–Kier alpha value is -2.63. The third-order valence-corrected chi connectivity index (χ3v) is 4.57. The van der Waals surface area contributed by atoms with Crippen molar-refractivity contribution in [2.75, 3.05) is 32.1 Å². The number of carbonyl (C=O) groups is 1. The Balaban J connectivity index is 1.62. The minimum Gasteiger partial charge on any atom is -0.480 e. The third kappa shape index (κ3) is 4.26. The molecule has 132 valence electrons. The Kier molecular flexibility index (Phi) is 5.48. The van der Waals surface area contributed by atoms with Gasteiger partial charge >= 0.3 is 0 Å². The SMILES string of the molecule is COc1ccc(N2CCC[C@@H](C(=O)N(C)Cc3ccccc3)C2)nn1. The van der Waals surface area contributed by atoms with Gasteiger partial charge in [-0.2, -0.15) is 0 Å². The second-order valence-corrected chi connectivity index (χ2v) is 6.40. The number of piperidine rings is 1. The lowest BCUT2D eigenvalue weighted by Crippen LogP contribution is -2.43. The lowest BCUT2D eigenvalue weighted by atomic mass is 9.96. The first-order valence-electron chi connectivity index (χ1n) is 8.59. The van der Waals surface area contributed by atoms with Crippen LogP contribution in [0.5, 0.6) is 5.88 Å². The zero-order valence-electron chi connectivity index (χ0n) is 14.8. The highest BCUT2D eigenvalue weighted by Crippen LogP contribution is 2.23. The molecule has 1 amide bonds. The Morgan fingerprint density at radius 3 is 2.72 bits per heavy atom. The molecule has 2 aromatic rings. The van der Waals surface area contributed by atoms with Crippen LogP contribution in [-0.2, 0) is 11.3 Å². The van der Waals surface area contributed by atoms with Gasteiger partial charge in [0.1, 0.15) is 0 Å². The maximum Gasteiger partial charge on any atom is 0.233 e. The molecular formula is C19H24N4O2. The molecule has 0 radical (unpaired) electrons. The van der Waals surface area contributed by atoms with Crippen LogP contribution in [0.1, 0.15) is 18.4 Å². The summed E-state index contributed by atoms with van der Waals surface area (Å²) in [4.78, 5) is 16.8. The van der Waals surface area contributed by atoms with Crippen LogP contribution in [0.2, 0.25) is 0 Å². The minimum atomic E-state index is -0.00800. The highest BCUT2D eigenvalue weighted by atomic mass is 16.5. The zero-order valence-corrected chi connectivity index (χ0v) is 14.8. The molecule has 1 aliphatic rings. The van der Waals surface area contributed by atoms with E-state index in [4.69, 9.17) is 4.74 Å². The van der Waals surface area contributed by atoms with Crippen molar-refractivity contribution in [1.29, 1.82) is 0 Å². The fourth-order valence-electron chi connectivity index (χ4n) is 3.22. The number of anilines is 1. The second kappa shape index (κ2) is 7.96. The average Bonchev–Trinajstić information content (AvgIpc) is 2.68. The van der Waals surface area contributed by atoms with Crippen LogP contribution in [-0.4, -0.2) is 48.3 Å². The molecule has 0 N–H and O–H groups in total. The largest absolute Gasteiger partial charge is 0.480 e. The molecule has 1 saturated heterocycles. The minimum absolute atomic E-state index is 0.00800. The van der Waals surface area contributed by atoms with Crippen molar-refractivity contribution >= 4 is 11.7 Å². The summed E-state index contributed by atoms with van der Waals surface area (Å²) >= 11 is 0. The van der Waals surface area contributed by atoms with Crippen molar-refractivity contribution in [2.24, 2.45) is 5.92 Å². The number of hydrogen-bond acceptors (Lipinski definition) is 5. The van der Waals surface area contributed by atoms with E-state index in [0.717, 1.165) is 30.8 Å². The molecule has 25 heavy (non-hydrogen) atoms. The van der Waals surface area contributed by atoms with Crippen LogP contribution in [0.15, 0.2) is 42.5 Å². The second-order valence-electron chi connectivity index (χ2n) is 6.40. The number of nitrogens with zero attached hydrogens (tertiary/aromatic N) is 4. The van der Waals surface area contributed by atoms with Crippen LogP contribution < -0.4 is 9.64 Å². The van der Waals surface area contributed by atoms with Crippen molar-refractivity contribution in [1.82, 2.24) is 15.1 Å². The van der Waals surface area contributed by atoms with Crippen LogP contribution in [0, 0.1) is 5.92 Å². The van der Waals surface area contributed by atoms with E-state index in [-0.39, 0.29) is 11.8 Å². The van der Waals surface area contributed by atoms with Crippen molar-refractivity contribution in [2.45, 2.75) is 19.4 Å². The molecule has 0 spiro atoms. The van der Waals surface area contributed by atoms with E-state index < -0.39 is 0 Å². The van der Waals surface area contributed by atoms with Gasteiger partial charge in [0, 0.05) is 32.7 Å². The molecule has 0 saturated carbocycles. The van der Waals surface area contributed by atoms with Gasteiger partial charge in [-0.25, -0.2) is 0 Å². The van der Waals surface area contributed by atoms with Gasteiger partial charge in [-0.05, 0) is 24.5 Å². The Morgan fingerprint density at radius 2 is 2.04 bits per heavy atom. The van der Waals surface area contributed by atoms with E-state index in [9.17, 15) is 4.79 Å². The normalized spacial score (nSPS) is 17.2. The quantitative estimate of drug-likeness (QED) is 0.836. The van der Waals surface area contributed by atoms with Crippen LogP contribution in [0.3, 0.4) is 0 Å². The Morgan fingerprint density at radius 1 is 1.24 bits per heavy atom. The van der Waals surface area contributed by atoms with Crippen LogP contribution in [0.4, 0.5) is 5.82 Å². The molecule has 2 heterocycles. The first-order valence-corrected chi connectivity index (χ1v) is 8.59. The van der Waals surface area contributed by atoms with Gasteiger partial charge in [0.25, 0.3) is 0 Å². The van der Waals surface area contributed by atoms with Gasteiger partial charge in [0.05, 0.1) is 13.0 Å². The fraction of sp³-hybridized carbons (Fsp3) is 0.421. The molecule has 6 nitrogen and oxygen atoms in total. The summed E-state index contributed by atoms with van der Waals surface area (Å²) in [5.74, 6) is 1.47. The molecular weight excluding hydrogens is 316 g/mol. The molecule has 1 atom stereocenters. The van der Waals surface area contributed by atoms with Crippen LogP contribution >= 0.6 is 0 Å². The maximum absolute atomic E-state index is 12.8. The van der Waals surface area contributed by atoms with Gasteiger partial charge in [-0.1, -0.05) is 30.3 Å². The van der Waals surface area contributed by atoms with Gasteiger partial charge in [-0.15, -0.1) is 10.2 Å². The molecule has 3 rings (SSSR count). The molecule has 1 aromatic heterocycles. The van der Waals surface area contributed by atoms with E-state index in [1.807, 2.05) is 48.3 Å². The lowest BCUT2D eigenvalue weighted by molar-refractivity contribution is -0.135. The molecule has 0 aliphatic carbocycles. The summed E-state index contributed by atoms with van der Waals surface area (Å²) in [7, 11) is 3.45. The number of hydrogen-bond donors (Lipinski definition) is 0. The van der Waals surface area contributed by atoms with E-state index in [0.29, 0.717) is 19.0 Å². The highest BCUT2D eigenvalue weighted by molar-refractivity contribution is 5.79. The van der Waals surface area contributed by atoms with Crippen molar-refractivity contribution < 1.29 is 9.53 Å². The molecule has 0 bridgehead atoms. The topological polar surface area (TPSA) is 58.6 Å². The van der Waals surface area contributed by atoms with E-state index >= 15 is 0 Å². The summed E-state index contributed by atoms with van der Waals surface area (Å²) in [6.45, 7) is 2.21. The number of amides is 1. The summed E-state index contributed by atoms with van der Waals surface area (Å²) in [5, 5.41) is 8.23. The first kappa shape index (κ1) is 17.2. The van der Waals surface area contributed by atoms with Crippen molar-refractivity contribution in [3.05, 3.63) is 48.0 Å². The fourth-order valence-corrected chi connectivity index (χ4v) is 3.22. The van der Waals surface area contributed by atoms with Gasteiger partial charge in [-0.3, -0.25) is 4.79 Å². The first-order chi connectivity index (χ1) is 12.2. The molecule has 1 fully saturated rings. The maximum atomic E-state index is 12.8. The number of ether oxygens (including phenoxy) is 1. The average molecular weight is 340 g/mol. The monoisotopic (exact) mass is 340 g/mol. The van der Waals surface area contributed by atoms with E-state index in [1.165, 1.54) is 0 Å². The molecule has 0 unspecified atom stereocenters. The van der Waals surface area contributed by atoms with Crippen molar-refractivity contribution in [3.63, 3.8) is 0 Å². The smallest absolute Gasteiger partial charge is 0.233 e. The number of methoxy groups -OCH3 is 1. The van der Waals surface area contributed by atoms with Crippen LogP contribution in [0.25, 0.3) is 0 Å². The van der Waals surface area contributed by atoms with E-state index in [1.54, 1.807) is 13.2 Å². The predicted octanol–water partition coefficient (Wildman–Crippen LogP) is 2.36. The van der Waals surface area contributed by atoms with Gasteiger partial charge in [0.2, 0.25) is 11.8 Å². The standard InChI is InChI=1S/C19H24N4O2/c1-22(13-15-7-4-3-5-8-15)19(24)16-9-6-12-23(14-16)17-10-11-18(25-2)21-20-17/h3-5,7-8,10-11,16H,6,9,12-14H2,1-2H3/t16-/m1/s1. The molecule has 6 heteroatoms. The number of rotatable bonds is 5. The highest BCUT2D eigenvalue weighted by Gasteiger charge is 2.28. The predicted molar refractivity (Wildman–Crippen MR) is 96.4 cm³/mol.